The van der Waals surface area contributed by atoms with Gasteiger partial charge in [0, 0.05) is 0 Å². The Morgan fingerprint density at radius 1 is 1.53 bits per heavy atom. The maximum absolute atomic E-state index is 13.4. The second-order valence-corrected chi connectivity index (χ2v) is 3.66. The van der Waals surface area contributed by atoms with Crippen LogP contribution in [0.25, 0.3) is 0 Å². The van der Waals surface area contributed by atoms with Crippen molar-refractivity contribution < 1.29 is 9.18 Å². The molecule has 0 unspecified atom stereocenters. The van der Waals surface area contributed by atoms with Gasteiger partial charge in [-0.1, -0.05) is 17.7 Å². The molecular weight excluding hydrogens is 247 g/mol. The average Bonchev–Trinajstić information content (AvgIpc) is 2.70. The predicted molar refractivity (Wildman–Crippen MR) is 62.4 cm³/mol. The van der Waals surface area contributed by atoms with E-state index in [0.29, 0.717) is 0 Å². The number of halogens is 2. The Labute approximate surface area is 101 Å². The quantitative estimate of drug-likeness (QED) is 0.767. The summed E-state index contributed by atoms with van der Waals surface area (Å²) >= 11 is 5.77. The molecule has 4 N–H and O–H groups in total. The standard InChI is InChI=1S/C10H8ClFN4O/c11-6-2-1-3-7(12)8(6)15-10(17)5-4-14-16-9(5)13/h1-4H,(H,15,17)(H3,13,14,16). The van der Waals surface area contributed by atoms with Crippen molar-refractivity contribution in [1.29, 1.82) is 0 Å². The topological polar surface area (TPSA) is 83.8 Å². The fraction of sp³-hybridized carbons (Fsp3) is 0. The molecule has 0 spiro atoms. The van der Waals surface area contributed by atoms with Gasteiger partial charge in [-0.15, -0.1) is 0 Å². The molecule has 1 aromatic carbocycles. The van der Waals surface area contributed by atoms with Gasteiger partial charge in [0.15, 0.2) is 0 Å². The van der Waals surface area contributed by atoms with Gasteiger partial charge in [0.25, 0.3) is 5.91 Å². The van der Waals surface area contributed by atoms with Crippen LogP contribution in [0.4, 0.5) is 15.9 Å². The van der Waals surface area contributed by atoms with E-state index in [-0.39, 0.29) is 22.1 Å². The Morgan fingerprint density at radius 3 is 2.88 bits per heavy atom. The lowest BCUT2D eigenvalue weighted by Crippen LogP contribution is -2.14. The lowest BCUT2D eigenvalue weighted by atomic mass is 10.2. The zero-order valence-electron chi connectivity index (χ0n) is 8.50. The summed E-state index contributed by atoms with van der Waals surface area (Å²) in [6.45, 7) is 0. The van der Waals surface area contributed by atoms with Crippen molar-refractivity contribution in [3.05, 3.63) is 40.8 Å². The first-order valence-electron chi connectivity index (χ1n) is 4.64. The summed E-state index contributed by atoms with van der Waals surface area (Å²) in [6, 6.07) is 4.11. The number of carbonyl (C=O) groups excluding carboxylic acids is 1. The summed E-state index contributed by atoms with van der Waals surface area (Å²) in [4.78, 5) is 11.7. The molecule has 0 atom stereocenters. The molecule has 7 heteroatoms. The monoisotopic (exact) mass is 254 g/mol. The SMILES string of the molecule is Nc1[nH]ncc1C(=O)Nc1c(F)cccc1Cl. The number of nitrogens with zero attached hydrogens (tertiary/aromatic N) is 1. The second kappa shape index (κ2) is 4.42. The van der Waals surface area contributed by atoms with Crippen LogP contribution in [-0.2, 0) is 0 Å². The van der Waals surface area contributed by atoms with Crippen LogP contribution < -0.4 is 11.1 Å². The fourth-order valence-electron chi connectivity index (χ4n) is 1.28. The van der Waals surface area contributed by atoms with E-state index < -0.39 is 11.7 Å². The minimum atomic E-state index is -0.618. The molecular formula is C10H8ClFN4O. The first-order chi connectivity index (χ1) is 8.09. The number of aromatic amines is 1. The number of aromatic nitrogens is 2. The van der Waals surface area contributed by atoms with Crippen LogP contribution in [-0.4, -0.2) is 16.1 Å². The van der Waals surface area contributed by atoms with E-state index in [9.17, 15) is 9.18 Å². The number of nitrogens with one attached hydrogen (secondary N) is 2. The molecule has 0 aliphatic carbocycles. The van der Waals surface area contributed by atoms with E-state index in [1.165, 1.54) is 24.4 Å². The summed E-state index contributed by atoms with van der Waals surface area (Å²) in [5.74, 6) is -1.09. The molecule has 88 valence electrons. The van der Waals surface area contributed by atoms with Crippen molar-refractivity contribution in [1.82, 2.24) is 10.2 Å². The van der Waals surface area contributed by atoms with E-state index in [1.807, 2.05) is 0 Å². The molecule has 17 heavy (non-hydrogen) atoms. The Balaban J connectivity index is 2.28. The molecule has 1 amide bonds. The maximum Gasteiger partial charge on any atom is 0.261 e. The van der Waals surface area contributed by atoms with Crippen LogP contribution in [0.3, 0.4) is 0 Å². The predicted octanol–water partition coefficient (Wildman–Crippen LogP) is 2.04. The number of hydrogen-bond donors (Lipinski definition) is 3. The molecule has 0 fully saturated rings. The van der Waals surface area contributed by atoms with Gasteiger partial charge in [0.05, 0.1) is 16.9 Å². The summed E-state index contributed by atoms with van der Waals surface area (Å²) in [5.41, 5.74) is 5.51. The zero-order valence-corrected chi connectivity index (χ0v) is 9.25. The molecule has 2 aromatic rings. The lowest BCUT2D eigenvalue weighted by Gasteiger charge is -2.07. The highest BCUT2D eigenvalue weighted by atomic mass is 35.5. The maximum atomic E-state index is 13.4. The molecule has 0 aliphatic heterocycles. The fourth-order valence-corrected chi connectivity index (χ4v) is 1.49. The highest BCUT2D eigenvalue weighted by molar-refractivity contribution is 6.34. The van der Waals surface area contributed by atoms with Crippen LogP contribution in [0.5, 0.6) is 0 Å². The molecule has 0 saturated carbocycles. The van der Waals surface area contributed by atoms with Gasteiger partial charge in [0.1, 0.15) is 17.2 Å². The first kappa shape index (κ1) is 11.4. The number of benzene rings is 1. The number of nitrogen functional groups attached to an aromatic ring is 1. The van der Waals surface area contributed by atoms with E-state index in [0.717, 1.165) is 0 Å². The van der Waals surface area contributed by atoms with Crippen molar-refractivity contribution in [2.45, 2.75) is 0 Å². The Morgan fingerprint density at radius 2 is 2.29 bits per heavy atom. The van der Waals surface area contributed by atoms with Crippen molar-refractivity contribution in [3.63, 3.8) is 0 Å². The Bertz CT molecular complexity index is 549. The van der Waals surface area contributed by atoms with Crippen molar-refractivity contribution in [3.8, 4) is 0 Å². The van der Waals surface area contributed by atoms with Crippen LogP contribution >= 0.6 is 11.6 Å². The third kappa shape index (κ3) is 2.21. The Hall–Kier alpha value is -2.08. The molecule has 0 bridgehead atoms. The summed E-state index contributed by atoms with van der Waals surface area (Å²) in [6.07, 6.45) is 1.25. The number of hydrogen-bond acceptors (Lipinski definition) is 3. The van der Waals surface area contributed by atoms with Crippen LogP contribution in [0.2, 0.25) is 5.02 Å². The summed E-state index contributed by atoms with van der Waals surface area (Å²) in [5, 5.41) is 8.44. The second-order valence-electron chi connectivity index (χ2n) is 3.25. The molecule has 5 nitrogen and oxygen atoms in total. The average molecular weight is 255 g/mol. The van der Waals surface area contributed by atoms with Gasteiger partial charge >= 0.3 is 0 Å². The highest BCUT2D eigenvalue weighted by Gasteiger charge is 2.15. The molecule has 0 saturated heterocycles. The van der Waals surface area contributed by atoms with Gasteiger partial charge < -0.3 is 11.1 Å². The zero-order chi connectivity index (χ0) is 12.4. The molecule has 0 radical (unpaired) electrons. The van der Waals surface area contributed by atoms with Crippen molar-refractivity contribution in [2.24, 2.45) is 0 Å². The number of para-hydroxylation sites is 1. The number of amides is 1. The minimum Gasteiger partial charge on any atom is -0.383 e. The highest BCUT2D eigenvalue weighted by Crippen LogP contribution is 2.25. The number of H-pyrrole nitrogens is 1. The summed E-state index contributed by atoms with van der Waals surface area (Å²) < 4.78 is 13.4. The minimum absolute atomic E-state index is 0.0835. The van der Waals surface area contributed by atoms with E-state index >= 15 is 0 Å². The molecule has 1 heterocycles. The smallest absolute Gasteiger partial charge is 0.261 e. The van der Waals surface area contributed by atoms with Gasteiger partial charge in [-0.25, -0.2) is 4.39 Å². The number of anilines is 2. The molecule has 1 aromatic heterocycles. The van der Waals surface area contributed by atoms with E-state index in [4.69, 9.17) is 17.3 Å². The van der Waals surface area contributed by atoms with Gasteiger partial charge in [-0.05, 0) is 12.1 Å². The first-order valence-corrected chi connectivity index (χ1v) is 5.01. The normalized spacial score (nSPS) is 10.2. The van der Waals surface area contributed by atoms with Crippen molar-refractivity contribution in [2.75, 3.05) is 11.1 Å². The van der Waals surface area contributed by atoms with Crippen molar-refractivity contribution >= 4 is 29.0 Å². The van der Waals surface area contributed by atoms with Gasteiger partial charge in [-0.3, -0.25) is 9.89 Å². The number of carbonyl (C=O) groups is 1. The number of rotatable bonds is 2. The van der Waals surface area contributed by atoms with Crippen LogP contribution in [0.1, 0.15) is 10.4 Å². The number of nitrogens with two attached hydrogens (primary N) is 1. The van der Waals surface area contributed by atoms with E-state index in [2.05, 4.69) is 15.5 Å². The Kier molecular flexibility index (Phi) is 2.97. The summed E-state index contributed by atoms with van der Waals surface area (Å²) in [7, 11) is 0. The largest absolute Gasteiger partial charge is 0.383 e. The van der Waals surface area contributed by atoms with Gasteiger partial charge in [0.2, 0.25) is 0 Å². The third-order valence-electron chi connectivity index (χ3n) is 2.11. The van der Waals surface area contributed by atoms with E-state index in [1.54, 1.807) is 0 Å². The van der Waals surface area contributed by atoms with Gasteiger partial charge in [-0.2, -0.15) is 5.10 Å². The molecule has 0 aliphatic rings. The van der Waals surface area contributed by atoms with Crippen LogP contribution in [0, 0.1) is 5.82 Å². The third-order valence-corrected chi connectivity index (χ3v) is 2.43. The lowest BCUT2D eigenvalue weighted by molar-refractivity contribution is 0.102. The van der Waals surface area contributed by atoms with Crippen LogP contribution in [0.15, 0.2) is 24.4 Å². The molecule has 2 rings (SSSR count).